The molecule has 1 aromatic heterocycles. The zero-order chi connectivity index (χ0) is 13.9. The van der Waals surface area contributed by atoms with E-state index >= 15 is 0 Å². The van der Waals surface area contributed by atoms with Crippen LogP contribution in [-0.2, 0) is 21.4 Å². The van der Waals surface area contributed by atoms with E-state index < -0.39 is 16.1 Å². The quantitative estimate of drug-likeness (QED) is 0.908. The molecule has 0 unspecified atom stereocenters. The minimum atomic E-state index is -3.32. The molecular formula is C12H18N2O3S2. The van der Waals surface area contributed by atoms with Crippen LogP contribution < -0.4 is 5.32 Å². The molecule has 1 amide bonds. The van der Waals surface area contributed by atoms with E-state index in [0.29, 0.717) is 19.5 Å². The number of nitrogens with one attached hydrogen (secondary N) is 1. The molecule has 1 aliphatic rings. The Labute approximate surface area is 117 Å². The maximum atomic E-state index is 12.1. The second-order valence-electron chi connectivity index (χ2n) is 4.68. The number of piperidine rings is 1. The number of carbonyl (C=O) groups excluding carboxylic acids is 1. The molecule has 106 valence electrons. The summed E-state index contributed by atoms with van der Waals surface area (Å²) in [5, 5.41) is 4.77. The maximum absolute atomic E-state index is 12.1. The van der Waals surface area contributed by atoms with Crippen molar-refractivity contribution in [1.29, 1.82) is 0 Å². The lowest BCUT2D eigenvalue weighted by molar-refractivity contribution is -0.125. The van der Waals surface area contributed by atoms with Gasteiger partial charge in [-0.1, -0.05) is 12.5 Å². The van der Waals surface area contributed by atoms with Gasteiger partial charge < -0.3 is 5.32 Å². The average Bonchev–Trinajstić information content (AvgIpc) is 2.88. The van der Waals surface area contributed by atoms with Crippen molar-refractivity contribution in [2.75, 3.05) is 12.8 Å². The number of sulfonamides is 1. The third-order valence-electron chi connectivity index (χ3n) is 3.20. The monoisotopic (exact) mass is 302 g/mol. The molecule has 2 rings (SSSR count). The van der Waals surface area contributed by atoms with Gasteiger partial charge in [-0.15, -0.1) is 11.3 Å². The van der Waals surface area contributed by atoms with Gasteiger partial charge in [-0.2, -0.15) is 4.31 Å². The van der Waals surface area contributed by atoms with E-state index in [-0.39, 0.29) is 5.91 Å². The molecule has 2 heterocycles. The van der Waals surface area contributed by atoms with Crippen LogP contribution in [0.4, 0.5) is 0 Å². The van der Waals surface area contributed by atoms with Gasteiger partial charge in [-0.3, -0.25) is 4.79 Å². The second kappa shape index (κ2) is 6.02. The van der Waals surface area contributed by atoms with E-state index in [0.717, 1.165) is 24.0 Å². The number of hydrogen-bond acceptors (Lipinski definition) is 4. The van der Waals surface area contributed by atoms with Crippen LogP contribution in [0.3, 0.4) is 0 Å². The van der Waals surface area contributed by atoms with Gasteiger partial charge in [-0.05, 0) is 24.3 Å². The lowest BCUT2D eigenvalue weighted by atomic mass is 10.0. The second-order valence-corrected chi connectivity index (χ2v) is 7.65. The summed E-state index contributed by atoms with van der Waals surface area (Å²) in [6, 6.07) is 3.32. The molecule has 1 aromatic rings. The molecule has 19 heavy (non-hydrogen) atoms. The van der Waals surface area contributed by atoms with Gasteiger partial charge in [0.15, 0.2) is 0 Å². The Kier molecular flexibility index (Phi) is 4.59. The number of nitrogens with zero attached hydrogens (tertiary/aromatic N) is 1. The predicted octanol–water partition coefficient (Wildman–Crippen LogP) is 1.18. The molecule has 1 atom stereocenters. The van der Waals surface area contributed by atoms with E-state index in [1.54, 1.807) is 11.3 Å². The smallest absolute Gasteiger partial charge is 0.238 e. The van der Waals surface area contributed by atoms with E-state index in [4.69, 9.17) is 0 Å². The minimum absolute atomic E-state index is 0.196. The van der Waals surface area contributed by atoms with Crippen molar-refractivity contribution in [3.63, 3.8) is 0 Å². The first kappa shape index (κ1) is 14.5. The van der Waals surface area contributed by atoms with Gasteiger partial charge in [0.05, 0.1) is 12.8 Å². The molecule has 0 aliphatic carbocycles. The molecule has 0 radical (unpaired) electrons. The van der Waals surface area contributed by atoms with Crippen LogP contribution in [0.25, 0.3) is 0 Å². The Hall–Kier alpha value is -0.920. The Morgan fingerprint density at radius 2 is 2.32 bits per heavy atom. The highest BCUT2D eigenvalue weighted by molar-refractivity contribution is 7.88. The minimum Gasteiger partial charge on any atom is -0.350 e. The SMILES string of the molecule is CS(=O)(=O)N1CCCC[C@@H]1C(=O)NCc1cccs1. The Morgan fingerprint density at radius 3 is 2.95 bits per heavy atom. The lowest BCUT2D eigenvalue weighted by Crippen LogP contribution is -2.51. The molecule has 1 aliphatic heterocycles. The topological polar surface area (TPSA) is 66.5 Å². The van der Waals surface area contributed by atoms with Gasteiger partial charge in [0.25, 0.3) is 0 Å². The summed E-state index contributed by atoms with van der Waals surface area (Å²) in [5.74, 6) is -0.196. The molecule has 0 saturated carbocycles. The van der Waals surface area contributed by atoms with Crippen molar-refractivity contribution in [2.24, 2.45) is 0 Å². The molecule has 0 aromatic carbocycles. The summed E-state index contributed by atoms with van der Waals surface area (Å²) in [6.45, 7) is 0.903. The number of thiophene rings is 1. The Morgan fingerprint density at radius 1 is 1.53 bits per heavy atom. The first-order valence-electron chi connectivity index (χ1n) is 6.25. The van der Waals surface area contributed by atoms with Crippen molar-refractivity contribution in [1.82, 2.24) is 9.62 Å². The van der Waals surface area contributed by atoms with Crippen LogP contribution >= 0.6 is 11.3 Å². The maximum Gasteiger partial charge on any atom is 0.238 e. The number of rotatable bonds is 4. The van der Waals surface area contributed by atoms with Crippen molar-refractivity contribution in [2.45, 2.75) is 31.8 Å². The Bertz CT molecular complexity index is 525. The summed E-state index contributed by atoms with van der Waals surface area (Å²) in [7, 11) is -3.32. The predicted molar refractivity (Wildman–Crippen MR) is 75.4 cm³/mol. The van der Waals surface area contributed by atoms with Crippen LogP contribution in [0.1, 0.15) is 24.1 Å². The van der Waals surface area contributed by atoms with E-state index in [1.165, 1.54) is 4.31 Å². The summed E-state index contributed by atoms with van der Waals surface area (Å²) in [4.78, 5) is 13.2. The van der Waals surface area contributed by atoms with Crippen LogP contribution in [0.15, 0.2) is 17.5 Å². The van der Waals surface area contributed by atoms with Crippen LogP contribution in [-0.4, -0.2) is 37.5 Å². The largest absolute Gasteiger partial charge is 0.350 e. The van der Waals surface area contributed by atoms with E-state index in [9.17, 15) is 13.2 Å². The van der Waals surface area contributed by atoms with Gasteiger partial charge in [0, 0.05) is 11.4 Å². The normalized spacial score (nSPS) is 21.2. The van der Waals surface area contributed by atoms with Gasteiger partial charge in [0.2, 0.25) is 15.9 Å². The molecule has 1 N–H and O–H groups in total. The third-order valence-corrected chi connectivity index (χ3v) is 5.36. The first-order chi connectivity index (χ1) is 8.98. The van der Waals surface area contributed by atoms with E-state index in [2.05, 4.69) is 5.32 Å². The van der Waals surface area contributed by atoms with Gasteiger partial charge in [0.1, 0.15) is 6.04 Å². The number of carbonyl (C=O) groups is 1. The van der Waals surface area contributed by atoms with Crippen molar-refractivity contribution >= 4 is 27.3 Å². The van der Waals surface area contributed by atoms with Crippen LogP contribution in [0.2, 0.25) is 0 Å². The fourth-order valence-corrected chi connectivity index (χ4v) is 4.04. The zero-order valence-corrected chi connectivity index (χ0v) is 12.5. The summed E-state index contributed by atoms with van der Waals surface area (Å²) < 4.78 is 24.7. The van der Waals surface area contributed by atoms with Crippen molar-refractivity contribution in [3.8, 4) is 0 Å². The molecular weight excluding hydrogens is 284 g/mol. The molecule has 0 bridgehead atoms. The number of amides is 1. The van der Waals surface area contributed by atoms with Crippen molar-refractivity contribution < 1.29 is 13.2 Å². The highest BCUT2D eigenvalue weighted by Gasteiger charge is 2.34. The highest BCUT2D eigenvalue weighted by Crippen LogP contribution is 2.20. The molecule has 0 spiro atoms. The van der Waals surface area contributed by atoms with Crippen molar-refractivity contribution in [3.05, 3.63) is 22.4 Å². The highest BCUT2D eigenvalue weighted by atomic mass is 32.2. The molecule has 1 fully saturated rings. The summed E-state index contributed by atoms with van der Waals surface area (Å²) >= 11 is 1.57. The van der Waals surface area contributed by atoms with Gasteiger partial charge in [-0.25, -0.2) is 8.42 Å². The zero-order valence-electron chi connectivity index (χ0n) is 10.8. The average molecular weight is 302 g/mol. The fourth-order valence-electron chi connectivity index (χ4n) is 2.27. The fraction of sp³-hybridized carbons (Fsp3) is 0.583. The lowest BCUT2D eigenvalue weighted by Gasteiger charge is -2.32. The summed E-state index contributed by atoms with van der Waals surface area (Å²) in [6.07, 6.45) is 3.48. The summed E-state index contributed by atoms with van der Waals surface area (Å²) in [5.41, 5.74) is 0. The van der Waals surface area contributed by atoms with Crippen LogP contribution in [0.5, 0.6) is 0 Å². The molecule has 5 nitrogen and oxygen atoms in total. The van der Waals surface area contributed by atoms with Crippen LogP contribution in [0, 0.1) is 0 Å². The van der Waals surface area contributed by atoms with Gasteiger partial charge >= 0.3 is 0 Å². The Balaban J connectivity index is 1.99. The third kappa shape index (κ3) is 3.77. The van der Waals surface area contributed by atoms with E-state index in [1.807, 2.05) is 17.5 Å². The number of hydrogen-bond donors (Lipinski definition) is 1. The standard InChI is InChI=1S/C12H18N2O3S2/c1-19(16,17)14-7-3-2-6-11(14)12(15)13-9-10-5-4-8-18-10/h4-5,8,11H,2-3,6-7,9H2,1H3,(H,13,15)/t11-/m1/s1. The molecule has 1 saturated heterocycles. The molecule has 7 heteroatoms. The first-order valence-corrected chi connectivity index (χ1v) is 8.98.